The van der Waals surface area contributed by atoms with E-state index >= 15 is 0 Å². The Kier molecular flexibility index (Phi) is 62.6. The molecule has 0 aliphatic rings. The van der Waals surface area contributed by atoms with Crippen LogP contribution in [0.2, 0.25) is 0 Å². The van der Waals surface area contributed by atoms with Gasteiger partial charge in [-0.2, -0.15) is 0 Å². The lowest BCUT2D eigenvalue weighted by atomic mass is 10.0. The van der Waals surface area contributed by atoms with E-state index in [2.05, 4.69) is 69.4 Å². The molecule has 6 nitrogen and oxygen atoms in total. The van der Waals surface area contributed by atoms with Crippen LogP contribution in [0, 0.1) is 0 Å². The highest BCUT2D eigenvalue weighted by atomic mass is 16.6. The molecule has 0 rings (SSSR count). The molecule has 0 amide bonds. The second-order valence-electron chi connectivity index (χ2n) is 22.7. The molecule has 0 aromatic rings. The fraction of sp³-hybridized carbons (Fsp3) is 0.843. The summed E-state index contributed by atoms with van der Waals surface area (Å²) in [4.78, 5) is 38.3. The monoisotopic (exact) mass is 1060 g/mol. The van der Waals surface area contributed by atoms with Gasteiger partial charge >= 0.3 is 17.9 Å². The molecule has 0 aromatic heterocycles. The number of rotatable bonds is 62. The average molecular weight is 1070 g/mol. The highest BCUT2D eigenvalue weighted by Crippen LogP contribution is 2.18. The minimum Gasteiger partial charge on any atom is -0.462 e. The van der Waals surface area contributed by atoms with Gasteiger partial charge in [-0.15, -0.1) is 0 Å². The van der Waals surface area contributed by atoms with Gasteiger partial charge in [0.1, 0.15) is 13.2 Å². The van der Waals surface area contributed by atoms with Crippen LogP contribution in [-0.4, -0.2) is 37.2 Å². The van der Waals surface area contributed by atoms with E-state index in [1.807, 2.05) is 0 Å². The Bertz CT molecular complexity index is 1310. The minimum absolute atomic E-state index is 0.0779. The molecule has 0 bridgehead atoms. The summed E-state index contributed by atoms with van der Waals surface area (Å²) >= 11 is 0. The summed E-state index contributed by atoms with van der Waals surface area (Å²) in [6, 6.07) is 0. The van der Waals surface area contributed by atoms with Gasteiger partial charge in [0.2, 0.25) is 0 Å². The minimum atomic E-state index is -0.782. The van der Waals surface area contributed by atoms with Crippen LogP contribution in [0.15, 0.2) is 48.6 Å². The number of hydrogen-bond donors (Lipinski definition) is 0. The topological polar surface area (TPSA) is 78.9 Å². The molecule has 0 N–H and O–H groups in total. The summed E-state index contributed by atoms with van der Waals surface area (Å²) < 4.78 is 16.9. The van der Waals surface area contributed by atoms with Gasteiger partial charge in [0.25, 0.3) is 0 Å². The number of allylic oxidation sites excluding steroid dienone is 8. The van der Waals surface area contributed by atoms with Crippen LogP contribution in [0.25, 0.3) is 0 Å². The highest BCUT2D eigenvalue weighted by molar-refractivity contribution is 5.71. The molecular weight excluding hydrogens is 937 g/mol. The third-order valence-corrected chi connectivity index (χ3v) is 15.1. The average Bonchev–Trinajstić information content (AvgIpc) is 3.42. The fourth-order valence-corrected chi connectivity index (χ4v) is 10.0. The zero-order valence-electron chi connectivity index (χ0n) is 51.0. The van der Waals surface area contributed by atoms with Crippen molar-refractivity contribution in [2.24, 2.45) is 0 Å². The van der Waals surface area contributed by atoms with Crippen molar-refractivity contribution >= 4 is 17.9 Å². The van der Waals surface area contributed by atoms with E-state index in [1.165, 1.54) is 238 Å². The van der Waals surface area contributed by atoms with Gasteiger partial charge in [-0.1, -0.05) is 313 Å². The number of unbranched alkanes of at least 4 members (excludes halogenated alkanes) is 43. The first-order valence-electron chi connectivity index (χ1n) is 33.6. The Labute approximate surface area is 473 Å². The van der Waals surface area contributed by atoms with Gasteiger partial charge in [-0.05, 0) is 77.0 Å². The number of carbonyl (C=O) groups is 3. The van der Waals surface area contributed by atoms with Crippen LogP contribution in [-0.2, 0) is 28.6 Å². The van der Waals surface area contributed by atoms with Gasteiger partial charge in [0.15, 0.2) is 6.10 Å². The molecule has 0 aromatic carbocycles. The SMILES string of the molecule is CC/C=C\C/C=C\C/C=C\CCCCCC(=O)OCC(COC(=O)CCCCCCCCCCCCCCCCCCC/C=C\CCCCCCCCCC)OC(=O)CCCCCCCCCCCCCCCCCC. The van der Waals surface area contributed by atoms with Crippen LogP contribution in [0.3, 0.4) is 0 Å². The molecule has 1 atom stereocenters. The lowest BCUT2D eigenvalue weighted by Crippen LogP contribution is -2.30. The van der Waals surface area contributed by atoms with Crippen molar-refractivity contribution in [2.75, 3.05) is 13.2 Å². The molecule has 0 spiro atoms. The third-order valence-electron chi connectivity index (χ3n) is 15.1. The van der Waals surface area contributed by atoms with Gasteiger partial charge in [-0.3, -0.25) is 14.4 Å². The van der Waals surface area contributed by atoms with E-state index in [0.717, 1.165) is 83.5 Å². The van der Waals surface area contributed by atoms with Gasteiger partial charge in [-0.25, -0.2) is 0 Å². The predicted octanol–water partition coefficient (Wildman–Crippen LogP) is 22.9. The standard InChI is InChI=1S/C70H128O6/c1-4-7-10-13-16-19-22-25-27-29-30-31-32-33-34-35-36-37-38-39-40-41-43-45-48-51-54-57-60-63-69(72)75-66-67(65-74-68(71)62-59-56-53-50-47-44-24-21-18-15-12-9-6-3)76-70(73)64-61-58-55-52-49-46-42-28-26-23-20-17-14-11-8-5-2/h9,12,18,21,29-30,44,47,67H,4-8,10-11,13-17,19-20,22-28,31-43,45-46,48-66H2,1-3H3/b12-9-,21-18-,30-29-,47-44-. The van der Waals surface area contributed by atoms with Crippen LogP contribution >= 0.6 is 0 Å². The molecule has 0 radical (unpaired) electrons. The lowest BCUT2D eigenvalue weighted by Gasteiger charge is -2.18. The van der Waals surface area contributed by atoms with Crippen LogP contribution in [0.4, 0.5) is 0 Å². The van der Waals surface area contributed by atoms with Crippen LogP contribution in [0.1, 0.15) is 361 Å². The fourth-order valence-electron chi connectivity index (χ4n) is 10.0. The summed E-state index contributed by atoms with van der Waals surface area (Å²) in [5.41, 5.74) is 0. The van der Waals surface area contributed by atoms with E-state index in [-0.39, 0.29) is 31.1 Å². The summed E-state index contributed by atoms with van der Waals surface area (Å²) in [5, 5.41) is 0. The van der Waals surface area contributed by atoms with Gasteiger partial charge in [0.05, 0.1) is 0 Å². The van der Waals surface area contributed by atoms with E-state index < -0.39 is 6.10 Å². The zero-order valence-corrected chi connectivity index (χ0v) is 51.0. The molecular formula is C70H128O6. The van der Waals surface area contributed by atoms with Crippen molar-refractivity contribution in [3.8, 4) is 0 Å². The Morgan fingerprint density at radius 1 is 0.276 bits per heavy atom. The number of carbonyl (C=O) groups excluding carboxylic acids is 3. The van der Waals surface area contributed by atoms with Gasteiger partial charge < -0.3 is 14.2 Å². The number of ether oxygens (including phenoxy) is 3. The molecule has 0 aliphatic carbocycles. The molecule has 6 heteroatoms. The molecule has 0 saturated heterocycles. The zero-order chi connectivity index (χ0) is 55.0. The van der Waals surface area contributed by atoms with Crippen molar-refractivity contribution in [2.45, 2.75) is 367 Å². The maximum absolute atomic E-state index is 12.9. The Balaban J connectivity index is 4.17. The number of hydrogen-bond acceptors (Lipinski definition) is 6. The molecule has 444 valence electrons. The van der Waals surface area contributed by atoms with Crippen molar-refractivity contribution in [3.63, 3.8) is 0 Å². The van der Waals surface area contributed by atoms with Crippen molar-refractivity contribution in [3.05, 3.63) is 48.6 Å². The predicted molar refractivity (Wildman–Crippen MR) is 330 cm³/mol. The largest absolute Gasteiger partial charge is 0.462 e. The van der Waals surface area contributed by atoms with E-state index in [0.29, 0.717) is 19.3 Å². The maximum atomic E-state index is 12.9. The van der Waals surface area contributed by atoms with E-state index in [9.17, 15) is 14.4 Å². The summed E-state index contributed by atoms with van der Waals surface area (Å²) in [6.07, 6.45) is 81.5. The molecule has 0 fully saturated rings. The van der Waals surface area contributed by atoms with Crippen molar-refractivity contribution in [1.29, 1.82) is 0 Å². The van der Waals surface area contributed by atoms with Crippen molar-refractivity contribution in [1.82, 2.24) is 0 Å². The lowest BCUT2D eigenvalue weighted by molar-refractivity contribution is -0.167. The molecule has 0 aliphatic heterocycles. The van der Waals surface area contributed by atoms with Gasteiger partial charge in [0, 0.05) is 19.3 Å². The van der Waals surface area contributed by atoms with E-state index in [1.54, 1.807) is 0 Å². The third kappa shape index (κ3) is 62.2. The first-order chi connectivity index (χ1) is 37.5. The quantitative estimate of drug-likeness (QED) is 0.0261. The summed E-state index contributed by atoms with van der Waals surface area (Å²) in [7, 11) is 0. The second-order valence-corrected chi connectivity index (χ2v) is 22.7. The number of esters is 3. The molecule has 76 heavy (non-hydrogen) atoms. The first kappa shape index (κ1) is 73.4. The van der Waals surface area contributed by atoms with Crippen molar-refractivity contribution < 1.29 is 28.6 Å². The summed E-state index contributed by atoms with van der Waals surface area (Å²) in [6.45, 7) is 6.56. The van der Waals surface area contributed by atoms with Crippen LogP contribution < -0.4 is 0 Å². The molecule has 0 heterocycles. The second kappa shape index (κ2) is 64.9. The molecule has 1 unspecified atom stereocenters. The Morgan fingerprint density at radius 3 is 0.829 bits per heavy atom. The van der Waals surface area contributed by atoms with E-state index in [4.69, 9.17) is 14.2 Å². The maximum Gasteiger partial charge on any atom is 0.306 e. The van der Waals surface area contributed by atoms with Crippen LogP contribution in [0.5, 0.6) is 0 Å². The summed E-state index contributed by atoms with van der Waals surface area (Å²) in [5.74, 6) is -0.886. The normalized spacial score (nSPS) is 12.3. The first-order valence-corrected chi connectivity index (χ1v) is 33.6. The Hall–Kier alpha value is -2.63. The Morgan fingerprint density at radius 2 is 0.513 bits per heavy atom. The molecule has 0 saturated carbocycles. The highest BCUT2D eigenvalue weighted by Gasteiger charge is 2.19. The smallest absolute Gasteiger partial charge is 0.306 e.